The van der Waals surface area contributed by atoms with Crippen molar-refractivity contribution in [2.24, 2.45) is 0 Å². The Bertz CT molecular complexity index is 796. The van der Waals surface area contributed by atoms with Crippen LogP contribution in [0.2, 0.25) is 0 Å². The van der Waals surface area contributed by atoms with Gasteiger partial charge in [-0.3, -0.25) is 4.79 Å². The highest BCUT2D eigenvalue weighted by atomic mass is 32.1. The van der Waals surface area contributed by atoms with Crippen LogP contribution >= 0.6 is 11.3 Å². The fourth-order valence-electron chi connectivity index (χ4n) is 2.22. The van der Waals surface area contributed by atoms with E-state index < -0.39 is 0 Å². The van der Waals surface area contributed by atoms with Crippen molar-refractivity contribution in [2.75, 3.05) is 20.3 Å². The molecule has 6 nitrogen and oxygen atoms in total. The Morgan fingerprint density at radius 3 is 3.00 bits per heavy atom. The first-order chi connectivity index (χ1) is 10.7. The van der Waals surface area contributed by atoms with Crippen molar-refractivity contribution in [3.05, 3.63) is 35.2 Å². The number of thiophene rings is 1. The molecule has 0 aliphatic carbocycles. The number of methoxy groups -OCH3 is 1. The Kier molecular flexibility index (Phi) is 4.08. The van der Waals surface area contributed by atoms with Gasteiger partial charge in [0.15, 0.2) is 0 Å². The van der Waals surface area contributed by atoms with Gasteiger partial charge < -0.3 is 20.1 Å². The van der Waals surface area contributed by atoms with Gasteiger partial charge in [-0.2, -0.15) is 0 Å². The zero-order valence-corrected chi connectivity index (χ0v) is 12.7. The molecular formula is C15H15N3O3S. The molecule has 22 heavy (non-hydrogen) atoms. The normalized spacial score (nSPS) is 10.8. The second-order valence-electron chi connectivity index (χ2n) is 4.58. The number of hydrogen-bond donors (Lipinski definition) is 3. The van der Waals surface area contributed by atoms with E-state index in [2.05, 4.69) is 15.3 Å². The lowest BCUT2D eigenvalue weighted by Gasteiger charge is -2.06. The summed E-state index contributed by atoms with van der Waals surface area (Å²) < 4.78 is 5.33. The van der Waals surface area contributed by atoms with Crippen LogP contribution in [0.25, 0.3) is 21.7 Å². The largest absolute Gasteiger partial charge is 0.494 e. The summed E-state index contributed by atoms with van der Waals surface area (Å²) in [7, 11) is 1.58. The Hall–Kier alpha value is -2.38. The third-order valence-electron chi connectivity index (χ3n) is 3.22. The summed E-state index contributed by atoms with van der Waals surface area (Å²) in [5.41, 5.74) is 1.68. The van der Waals surface area contributed by atoms with Gasteiger partial charge in [0.05, 0.1) is 24.2 Å². The standard InChI is InChI=1S/C15H15N3O3S/c1-21-10-5-4-9(15(20)16-6-7-19)12-13(10)18-14(17-12)11-3-2-8-22-11/h2-5,8,19H,6-7H2,1H3,(H,16,20)(H,17,18). The number of imidazole rings is 1. The number of aromatic amines is 1. The second kappa shape index (κ2) is 6.17. The van der Waals surface area contributed by atoms with E-state index in [-0.39, 0.29) is 19.1 Å². The molecule has 7 heteroatoms. The van der Waals surface area contributed by atoms with Gasteiger partial charge in [0.1, 0.15) is 22.6 Å². The molecule has 3 N–H and O–H groups in total. The summed E-state index contributed by atoms with van der Waals surface area (Å²) in [6.45, 7) is 0.0978. The van der Waals surface area contributed by atoms with Crippen LogP contribution in [0.1, 0.15) is 10.4 Å². The first kappa shape index (κ1) is 14.6. The van der Waals surface area contributed by atoms with Crippen molar-refractivity contribution in [2.45, 2.75) is 0 Å². The Morgan fingerprint density at radius 1 is 1.45 bits per heavy atom. The molecule has 114 valence electrons. The summed E-state index contributed by atoms with van der Waals surface area (Å²) >= 11 is 1.56. The molecule has 0 saturated heterocycles. The van der Waals surface area contributed by atoms with E-state index in [0.29, 0.717) is 28.2 Å². The van der Waals surface area contributed by atoms with Crippen molar-refractivity contribution in [3.8, 4) is 16.5 Å². The van der Waals surface area contributed by atoms with Crippen LogP contribution in [0.4, 0.5) is 0 Å². The van der Waals surface area contributed by atoms with Crippen molar-refractivity contribution >= 4 is 28.3 Å². The molecule has 0 bridgehead atoms. The molecular weight excluding hydrogens is 302 g/mol. The van der Waals surface area contributed by atoms with Crippen LogP contribution in [-0.2, 0) is 0 Å². The first-order valence-corrected chi connectivity index (χ1v) is 7.62. The molecule has 0 spiro atoms. The minimum Gasteiger partial charge on any atom is -0.494 e. The van der Waals surface area contributed by atoms with Crippen molar-refractivity contribution in [1.82, 2.24) is 15.3 Å². The van der Waals surface area contributed by atoms with E-state index in [4.69, 9.17) is 9.84 Å². The lowest BCUT2D eigenvalue weighted by molar-refractivity contribution is 0.0946. The third kappa shape index (κ3) is 2.56. The maximum absolute atomic E-state index is 12.2. The Labute approximate surface area is 130 Å². The predicted molar refractivity (Wildman–Crippen MR) is 85.4 cm³/mol. The van der Waals surface area contributed by atoms with Crippen LogP contribution in [0.15, 0.2) is 29.6 Å². The fraction of sp³-hybridized carbons (Fsp3) is 0.200. The fourth-order valence-corrected chi connectivity index (χ4v) is 2.88. The lowest BCUT2D eigenvalue weighted by atomic mass is 10.1. The van der Waals surface area contributed by atoms with Gasteiger partial charge in [0.25, 0.3) is 5.91 Å². The summed E-state index contributed by atoms with van der Waals surface area (Å²) in [6, 6.07) is 7.30. The average molecular weight is 317 g/mol. The van der Waals surface area contributed by atoms with Crippen molar-refractivity contribution < 1.29 is 14.6 Å². The highest BCUT2D eigenvalue weighted by Gasteiger charge is 2.17. The minimum atomic E-state index is -0.272. The van der Waals surface area contributed by atoms with E-state index in [1.54, 1.807) is 30.6 Å². The molecule has 0 aliphatic heterocycles. The van der Waals surface area contributed by atoms with E-state index in [0.717, 1.165) is 4.88 Å². The van der Waals surface area contributed by atoms with Gasteiger partial charge >= 0.3 is 0 Å². The summed E-state index contributed by atoms with van der Waals surface area (Å²) in [4.78, 5) is 20.9. The molecule has 1 amide bonds. The zero-order chi connectivity index (χ0) is 15.5. The number of ether oxygens (including phenoxy) is 1. The van der Waals surface area contributed by atoms with Crippen molar-refractivity contribution in [1.29, 1.82) is 0 Å². The molecule has 0 unspecified atom stereocenters. The lowest BCUT2D eigenvalue weighted by Crippen LogP contribution is -2.26. The topological polar surface area (TPSA) is 87.2 Å². The second-order valence-corrected chi connectivity index (χ2v) is 5.53. The molecule has 3 aromatic rings. The molecule has 0 fully saturated rings. The van der Waals surface area contributed by atoms with Gasteiger partial charge in [-0.05, 0) is 23.6 Å². The maximum Gasteiger partial charge on any atom is 0.253 e. The number of rotatable bonds is 5. The van der Waals surface area contributed by atoms with Gasteiger partial charge in [0.2, 0.25) is 0 Å². The number of carbonyl (C=O) groups is 1. The highest BCUT2D eigenvalue weighted by Crippen LogP contribution is 2.31. The SMILES string of the molecule is COc1ccc(C(=O)NCCO)c2nc(-c3cccs3)[nH]c12. The average Bonchev–Trinajstić information content (AvgIpc) is 3.19. The number of aromatic nitrogens is 2. The van der Waals surface area contributed by atoms with Crippen LogP contribution in [0.5, 0.6) is 5.75 Å². The van der Waals surface area contributed by atoms with E-state index in [1.165, 1.54) is 0 Å². The van der Waals surface area contributed by atoms with E-state index in [1.807, 2.05) is 17.5 Å². The quantitative estimate of drug-likeness (QED) is 0.672. The van der Waals surface area contributed by atoms with Crippen LogP contribution in [0, 0.1) is 0 Å². The monoisotopic (exact) mass is 317 g/mol. The molecule has 3 rings (SSSR count). The number of benzene rings is 1. The molecule has 0 atom stereocenters. The van der Waals surface area contributed by atoms with Gasteiger partial charge in [-0.15, -0.1) is 11.3 Å². The molecule has 2 aromatic heterocycles. The number of aliphatic hydroxyl groups is 1. The first-order valence-electron chi connectivity index (χ1n) is 6.74. The maximum atomic E-state index is 12.2. The number of fused-ring (bicyclic) bond motifs is 1. The summed E-state index contributed by atoms with van der Waals surface area (Å²) in [5.74, 6) is 1.06. The highest BCUT2D eigenvalue weighted by molar-refractivity contribution is 7.13. The molecule has 0 radical (unpaired) electrons. The number of carbonyl (C=O) groups excluding carboxylic acids is 1. The molecule has 1 aromatic carbocycles. The summed E-state index contributed by atoms with van der Waals surface area (Å²) in [5, 5.41) is 13.4. The zero-order valence-electron chi connectivity index (χ0n) is 11.9. The van der Waals surface area contributed by atoms with Gasteiger partial charge in [-0.25, -0.2) is 4.98 Å². The number of nitrogens with one attached hydrogen (secondary N) is 2. The van der Waals surface area contributed by atoms with E-state index in [9.17, 15) is 4.79 Å². The van der Waals surface area contributed by atoms with Gasteiger partial charge in [-0.1, -0.05) is 6.07 Å². The van der Waals surface area contributed by atoms with Crippen molar-refractivity contribution in [3.63, 3.8) is 0 Å². The number of amides is 1. The molecule has 0 aliphatic rings. The van der Waals surface area contributed by atoms with Crippen LogP contribution in [-0.4, -0.2) is 41.2 Å². The predicted octanol–water partition coefficient (Wildman–Crippen LogP) is 2.02. The Morgan fingerprint density at radius 2 is 2.32 bits per heavy atom. The number of nitrogens with zero attached hydrogens (tertiary/aromatic N) is 1. The molecule has 0 saturated carbocycles. The van der Waals surface area contributed by atoms with Crippen LogP contribution < -0.4 is 10.1 Å². The number of aliphatic hydroxyl groups excluding tert-OH is 1. The van der Waals surface area contributed by atoms with Gasteiger partial charge in [0, 0.05) is 6.54 Å². The Balaban J connectivity index is 2.12. The minimum absolute atomic E-state index is 0.105. The third-order valence-corrected chi connectivity index (χ3v) is 4.10. The number of H-pyrrole nitrogens is 1. The van der Waals surface area contributed by atoms with E-state index >= 15 is 0 Å². The molecule has 2 heterocycles. The van der Waals surface area contributed by atoms with Crippen LogP contribution in [0.3, 0.4) is 0 Å². The smallest absolute Gasteiger partial charge is 0.253 e. The number of hydrogen-bond acceptors (Lipinski definition) is 5. The summed E-state index contributed by atoms with van der Waals surface area (Å²) in [6.07, 6.45) is 0.